The molecule has 1 N–H and O–H groups in total. The highest BCUT2D eigenvalue weighted by atomic mass is 32.1. The van der Waals surface area contributed by atoms with Crippen LogP contribution in [0.3, 0.4) is 0 Å². The third-order valence-corrected chi connectivity index (χ3v) is 4.62. The Morgan fingerprint density at radius 3 is 2.64 bits per heavy atom. The second kappa shape index (κ2) is 9.22. The van der Waals surface area contributed by atoms with E-state index in [1.54, 1.807) is 19.2 Å². The van der Waals surface area contributed by atoms with E-state index in [1.807, 2.05) is 6.92 Å². The predicted molar refractivity (Wildman–Crippen MR) is 108 cm³/mol. The maximum Gasteiger partial charge on any atom is 0.345 e. The minimum absolute atomic E-state index is 0.125. The van der Waals surface area contributed by atoms with Gasteiger partial charge in [-0.15, -0.1) is 10.2 Å². The molecule has 0 spiro atoms. The Morgan fingerprint density at radius 1 is 1.43 bits per heavy atom. The highest BCUT2D eigenvalue weighted by molar-refractivity contribution is 7.18. The van der Waals surface area contributed by atoms with Crippen LogP contribution in [0.5, 0.6) is 5.75 Å². The number of hydrogen-bond donors (Lipinski definition) is 1. The van der Waals surface area contributed by atoms with Gasteiger partial charge in [-0.3, -0.25) is 14.9 Å². The summed E-state index contributed by atoms with van der Waals surface area (Å²) in [6.45, 7) is 8.29. The Bertz CT molecular complexity index is 896. The van der Waals surface area contributed by atoms with Crippen molar-refractivity contribution in [3.8, 4) is 5.75 Å². The monoisotopic (exact) mass is 406 g/mol. The third-order valence-electron chi connectivity index (χ3n) is 3.79. The van der Waals surface area contributed by atoms with Crippen LogP contribution in [0.15, 0.2) is 28.6 Å². The summed E-state index contributed by atoms with van der Waals surface area (Å²) in [6, 6.07) is 3.66. The molecule has 0 bridgehead atoms. The van der Waals surface area contributed by atoms with Gasteiger partial charge in [0, 0.05) is 25.6 Å². The number of nitro groups is 1. The average molecular weight is 406 g/mol. The molecule has 150 valence electrons. The molecule has 28 heavy (non-hydrogen) atoms. The van der Waals surface area contributed by atoms with Crippen molar-refractivity contribution < 1.29 is 14.5 Å². The van der Waals surface area contributed by atoms with Gasteiger partial charge in [-0.1, -0.05) is 0 Å². The molecule has 0 aliphatic heterocycles. The van der Waals surface area contributed by atoms with Crippen molar-refractivity contribution in [2.75, 3.05) is 23.9 Å². The van der Waals surface area contributed by atoms with Crippen molar-refractivity contribution in [3.05, 3.63) is 28.4 Å². The molecule has 2 aromatic rings. The summed E-state index contributed by atoms with van der Waals surface area (Å²) in [4.78, 5) is 27.8. The first kappa shape index (κ1) is 21.2. The van der Waals surface area contributed by atoms with Gasteiger partial charge in [0.25, 0.3) is 0 Å². The fourth-order valence-corrected chi connectivity index (χ4v) is 3.17. The van der Waals surface area contributed by atoms with Crippen LogP contribution in [0.4, 0.5) is 27.2 Å². The highest BCUT2D eigenvalue weighted by Gasteiger charge is 2.18. The quantitative estimate of drug-likeness (QED) is 0.386. The van der Waals surface area contributed by atoms with Crippen molar-refractivity contribution in [2.24, 2.45) is 10.2 Å². The fourth-order valence-electron chi connectivity index (χ4n) is 2.62. The number of thiazole rings is 1. The molecule has 0 fully saturated rings. The summed E-state index contributed by atoms with van der Waals surface area (Å²) in [7, 11) is 1.55. The molecule has 2 rings (SSSR count). The first-order valence-corrected chi connectivity index (χ1v) is 9.36. The molecule has 1 aromatic heterocycles. The number of amides is 1. The van der Waals surface area contributed by atoms with E-state index in [2.05, 4.69) is 39.3 Å². The summed E-state index contributed by atoms with van der Waals surface area (Å²) in [5.41, 5.74) is 1.62. The van der Waals surface area contributed by atoms with Crippen LogP contribution in [0.1, 0.15) is 27.7 Å². The first-order chi connectivity index (χ1) is 13.3. The maximum absolute atomic E-state index is 11.6. The molecule has 0 atom stereocenters. The van der Waals surface area contributed by atoms with Crippen LogP contribution < -0.4 is 15.0 Å². The zero-order valence-corrected chi connectivity index (χ0v) is 17.1. The van der Waals surface area contributed by atoms with Crippen LogP contribution >= 0.6 is 11.3 Å². The third kappa shape index (κ3) is 5.00. The molecule has 11 heteroatoms. The number of benzene rings is 1. The van der Waals surface area contributed by atoms with Gasteiger partial charge in [0.15, 0.2) is 0 Å². The lowest BCUT2D eigenvalue weighted by molar-refractivity contribution is -0.380. The van der Waals surface area contributed by atoms with E-state index in [0.29, 0.717) is 17.1 Å². The van der Waals surface area contributed by atoms with E-state index in [0.717, 1.165) is 29.8 Å². The lowest BCUT2D eigenvalue weighted by Gasteiger charge is -2.29. The SMILES string of the molecule is CCN(c1cc(NC(C)=O)c(/N=N/c2ncc([N+](=O)[O-])s2)cc1OC)C(C)C. The summed E-state index contributed by atoms with van der Waals surface area (Å²) in [6.07, 6.45) is 1.12. The highest BCUT2D eigenvalue weighted by Crippen LogP contribution is 2.40. The number of methoxy groups -OCH3 is 1. The Kier molecular flexibility index (Phi) is 6.99. The molecule has 10 nitrogen and oxygen atoms in total. The van der Waals surface area contributed by atoms with Crippen LogP contribution in [-0.2, 0) is 4.79 Å². The molecule has 1 heterocycles. The molecule has 0 unspecified atom stereocenters. The van der Waals surface area contributed by atoms with E-state index in [1.165, 1.54) is 6.92 Å². The number of ether oxygens (including phenoxy) is 1. The van der Waals surface area contributed by atoms with Gasteiger partial charge in [0.1, 0.15) is 17.6 Å². The number of anilines is 2. The zero-order chi connectivity index (χ0) is 20.8. The summed E-state index contributed by atoms with van der Waals surface area (Å²) >= 11 is 0.808. The normalized spacial score (nSPS) is 11.1. The van der Waals surface area contributed by atoms with Gasteiger partial charge in [0.05, 0.1) is 23.4 Å². The van der Waals surface area contributed by atoms with Crippen molar-refractivity contribution >= 4 is 44.4 Å². The number of nitrogens with zero attached hydrogens (tertiary/aromatic N) is 5. The molecular weight excluding hydrogens is 384 g/mol. The van der Waals surface area contributed by atoms with Crippen molar-refractivity contribution in [2.45, 2.75) is 33.7 Å². The molecular formula is C17H22N6O4S. The van der Waals surface area contributed by atoms with Crippen molar-refractivity contribution in [3.63, 3.8) is 0 Å². The minimum atomic E-state index is -0.539. The average Bonchev–Trinajstić information content (AvgIpc) is 3.10. The molecule has 0 aliphatic rings. The Hall–Kier alpha value is -3.08. The number of aromatic nitrogens is 1. The second-order valence-electron chi connectivity index (χ2n) is 6.04. The molecule has 0 saturated carbocycles. The summed E-state index contributed by atoms with van der Waals surface area (Å²) < 4.78 is 5.51. The number of rotatable bonds is 8. The molecule has 1 amide bonds. The van der Waals surface area contributed by atoms with E-state index < -0.39 is 4.92 Å². The predicted octanol–water partition coefficient (Wildman–Crippen LogP) is 4.67. The Morgan fingerprint density at radius 2 is 2.14 bits per heavy atom. The topological polar surface area (TPSA) is 122 Å². The smallest absolute Gasteiger partial charge is 0.345 e. The van der Waals surface area contributed by atoms with Crippen LogP contribution in [-0.4, -0.2) is 35.5 Å². The first-order valence-electron chi connectivity index (χ1n) is 8.55. The number of azo groups is 1. The molecule has 0 aliphatic carbocycles. The lowest BCUT2D eigenvalue weighted by atomic mass is 10.1. The lowest BCUT2D eigenvalue weighted by Crippen LogP contribution is -2.30. The summed E-state index contributed by atoms with van der Waals surface area (Å²) in [5, 5.41) is 21.6. The minimum Gasteiger partial charge on any atom is -0.494 e. The number of nitrogens with one attached hydrogen (secondary N) is 1. The standard InChI is InChI=1S/C17H22N6O4S/c1-6-22(10(2)3)14-7-12(19-11(4)24)13(8-15(14)27-5)20-21-17-18-9-16(28-17)23(25)26/h7-10H,6H2,1-5H3,(H,19,24)/b21-20+. The van der Waals surface area contributed by atoms with E-state index >= 15 is 0 Å². The number of carbonyl (C=O) groups is 1. The number of carbonyl (C=O) groups excluding carboxylic acids is 1. The van der Waals surface area contributed by atoms with E-state index in [-0.39, 0.29) is 22.1 Å². The van der Waals surface area contributed by atoms with Gasteiger partial charge in [-0.05, 0) is 38.2 Å². The largest absolute Gasteiger partial charge is 0.494 e. The van der Waals surface area contributed by atoms with Gasteiger partial charge in [0.2, 0.25) is 11.0 Å². The maximum atomic E-state index is 11.6. The van der Waals surface area contributed by atoms with E-state index in [9.17, 15) is 14.9 Å². The van der Waals surface area contributed by atoms with Gasteiger partial charge in [-0.2, -0.15) is 0 Å². The summed E-state index contributed by atoms with van der Waals surface area (Å²) in [5.74, 6) is 0.314. The molecule has 0 saturated heterocycles. The van der Waals surface area contributed by atoms with Crippen LogP contribution in [0.25, 0.3) is 0 Å². The Balaban J connectivity index is 2.50. The van der Waals surface area contributed by atoms with Crippen molar-refractivity contribution in [1.29, 1.82) is 0 Å². The van der Waals surface area contributed by atoms with E-state index in [4.69, 9.17) is 4.74 Å². The van der Waals surface area contributed by atoms with Crippen molar-refractivity contribution in [1.82, 2.24) is 4.98 Å². The van der Waals surface area contributed by atoms with Gasteiger partial charge >= 0.3 is 5.00 Å². The number of hydrogen-bond acceptors (Lipinski definition) is 9. The van der Waals surface area contributed by atoms with Gasteiger partial charge in [-0.25, -0.2) is 4.98 Å². The molecule has 1 aromatic carbocycles. The van der Waals surface area contributed by atoms with Gasteiger partial charge < -0.3 is 15.0 Å². The second-order valence-corrected chi connectivity index (χ2v) is 7.03. The fraction of sp³-hybridized carbons (Fsp3) is 0.412. The Labute approximate surface area is 166 Å². The zero-order valence-electron chi connectivity index (χ0n) is 16.3. The van der Waals surface area contributed by atoms with Crippen LogP contribution in [0, 0.1) is 10.1 Å². The molecule has 0 radical (unpaired) electrons. The van der Waals surface area contributed by atoms with Crippen LogP contribution in [0.2, 0.25) is 0 Å².